The predicted molar refractivity (Wildman–Crippen MR) is 114 cm³/mol. The van der Waals surface area contributed by atoms with Crippen molar-refractivity contribution in [3.63, 3.8) is 0 Å². The number of aryl methyl sites for hydroxylation is 1. The number of rotatable bonds is 4. The lowest BCUT2D eigenvalue weighted by Crippen LogP contribution is -2.36. The summed E-state index contributed by atoms with van der Waals surface area (Å²) in [4.78, 5) is 21.5. The molecule has 0 fully saturated rings. The van der Waals surface area contributed by atoms with Gasteiger partial charge in [0.1, 0.15) is 0 Å². The summed E-state index contributed by atoms with van der Waals surface area (Å²) in [5.74, 6) is 0.0955. The molecule has 6 heteroatoms. The third kappa shape index (κ3) is 5.18. The van der Waals surface area contributed by atoms with Crippen LogP contribution >= 0.6 is 11.6 Å². The molecule has 5 nitrogen and oxygen atoms in total. The number of carbonyl (C=O) groups excluding carboxylic acids is 1. The molecule has 0 saturated heterocycles. The van der Waals surface area contributed by atoms with Gasteiger partial charge in [-0.1, -0.05) is 41.4 Å². The molecule has 0 radical (unpaired) electrons. The van der Waals surface area contributed by atoms with Gasteiger partial charge in [-0.3, -0.25) is 15.1 Å². The van der Waals surface area contributed by atoms with E-state index in [2.05, 4.69) is 20.6 Å². The van der Waals surface area contributed by atoms with Crippen LogP contribution in [0.3, 0.4) is 0 Å². The third-order valence-corrected chi connectivity index (χ3v) is 4.57. The van der Waals surface area contributed by atoms with Crippen LogP contribution in [0.4, 0.5) is 5.69 Å². The topological polar surface area (TPSA) is 66.4 Å². The highest BCUT2D eigenvalue weighted by molar-refractivity contribution is 6.31. The van der Waals surface area contributed by atoms with Crippen molar-refractivity contribution in [3.8, 4) is 0 Å². The zero-order valence-corrected chi connectivity index (χ0v) is 16.5. The number of anilines is 1. The molecule has 1 heterocycles. The molecule has 0 bridgehead atoms. The highest BCUT2D eigenvalue weighted by atomic mass is 35.5. The first kappa shape index (κ1) is 19.6. The molecular weight excluding hydrogens is 372 g/mol. The molecule has 28 heavy (non-hydrogen) atoms. The standard InChI is InChI=1S/C22H21ClN4O/c1-15-7-5-8-17(13-15)21(28)27-22(25-14-18-9-3-4-12-24-18)26-20-11-6-10-19(23)16(20)2/h3-13H,14H2,1-2H3,(H2,25,26,27,28). The Bertz CT molecular complexity index is 1000. The summed E-state index contributed by atoms with van der Waals surface area (Å²) in [5.41, 5.74) is 4.03. The highest BCUT2D eigenvalue weighted by Crippen LogP contribution is 2.22. The minimum absolute atomic E-state index is 0.240. The fourth-order valence-electron chi connectivity index (χ4n) is 2.60. The Morgan fingerprint density at radius 1 is 1.07 bits per heavy atom. The summed E-state index contributed by atoms with van der Waals surface area (Å²) in [6, 6.07) is 18.6. The van der Waals surface area contributed by atoms with E-state index in [1.807, 2.05) is 68.4 Å². The number of aliphatic imine (C=N–C) groups is 1. The molecular formula is C22H21ClN4O. The Labute approximate surface area is 169 Å². The summed E-state index contributed by atoms with van der Waals surface area (Å²) in [6.45, 7) is 4.18. The SMILES string of the molecule is Cc1cccc(C(=O)NC(=NCc2ccccn2)Nc2cccc(Cl)c2C)c1. The predicted octanol–water partition coefficient (Wildman–Crippen LogP) is 4.75. The van der Waals surface area contributed by atoms with Gasteiger partial charge in [-0.05, 0) is 55.8 Å². The third-order valence-electron chi connectivity index (χ3n) is 4.16. The normalized spacial score (nSPS) is 11.2. The van der Waals surface area contributed by atoms with Crippen molar-refractivity contribution < 1.29 is 4.79 Å². The van der Waals surface area contributed by atoms with Gasteiger partial charge in [-0.25, -0.2) is 4.99 Å². The average molecular weight is 393 g/mol. The van der Waals surface area contributed by atoms with Crippen molar-refractivity contribution >= 4 is 29.2 Å². The van der Waals surface area contributed by atoms with Gasteiger partial charge in [0.2, 0.25) is 5.96 Å². The van der Waals surface area contributed by atoms with Crippen LogP contribution in [0.1, 0.15) is 27.2 Å². The van der Waals surface area contributed by atoms with Crippen LogP contribution < -0.4 is 10.6 Å². The van der Waals surface area contributed by atoms with Gasteiger partial charge in [-0.2, -0.15) is 0 Å². The molecule has 1 aromatic heterocycles. The quantitative estimate of drug-likeness (QED) is 0.497. The molecule has 0 aliphatic carbocycles. The van der Waals surface area contributed by atoms with E-state index in [4.69, 9.17) is 11.6 Å². The second-order valence-corrected chi connectivity index (χ2v) is 6.75. The van der Waals surface area contributed by atoms with Crippen LogP contribution in [0.5, 0.6) is 0 Å². The summed E-state index contributed by atoms with van der Waals surface area (Å²) >= 11 is 6.21. The van der Waals surface area contributed by atoms with Gasteiger partial charge in [0.15, 0.2) is 0 Å². The van der Waals surface area contributed by atoms with Crippen molar-refractivity contribution in [1.29, 1.82) is 0 Å². The molecule has 3 aromatic rings. The van der Waals surface area contributed by atoms with Crippen LogP contribution in [-0.2, 0) is 6.54 Å². The van der Waals surface area contributed by atoms with Gasteiger partial charge in [-0.15, -0.1) is 0 Å². The summed E-state index contributed by atoms with van der Waals surface area (Å²) in [5, 5.41) is 6.67. The van der Waals surface area contributed by atoms with Gasteiger partial charge < -0.3 is 5.32 Å². The fraction of sp³-hybridized carbons (Fsp3) is 0.136. The van der Waals surface area contributed by atoms with E-state index < -0.39 is 0 Å². The average Bonchev–Trinajstić information content (AvgIpc) is 2.70. The second-order valence-electron chi connectivity index (χ2n) is 6.35. The highest BCUT2D eigenvalue weighted by Gasteiger charge is 2.11. The first-order valence-electron chi connectivity index (χ1n) is 8.87. The Morgan fingerprint density at radius 3 is 2.64 bits per heavy atom. The maximum absolute atomic E-state index is 12.7. The maximum Gasteiger partial charge on any atom is 0.257 e. The molecule has 0 saturated carbocycles. The van der Waals surface area contributed by atoms with E-state index in [0.717, 1.165) is 22.5 Å². The van der Waals surface area contributed by atoms with Crippen molar-refractivity contribution in [1.82, 2.24) is 10.3 Å². The molecule has 2 N–H and O–H groups in total. The lowest BCUT2D eigenvalue weighted by atomic mass is 10.1. The van der Waals surface area contributed by atoms with Crippen molar-refractivity contribution in [3.05, 3.63) is 94.3 Å². The molecule has 1 amide bonds. The van der Waals surface area contributed by atoms with Crippen LogP contribution in [0, 0.1) is 13.8 Å². The van der Waals surface area contributed by atoms with E-state index >= 15 is 0 Å². The van der Waals surface area contributed by atoms with Gasteiger partial charge in [0.25, 0.3) is 5.91 Å². The summed E-state index contributed by atoms with van der Waals surface area (Å²) in [6.07, 6.45) is 1.71. The number of hydrogen-bond donors (Lipinski definition) is 2. The zero-order chi connectivity index (χ0) is 19.9. The number of nitrogens with zero attached hydrogens (tertiary/aromatic N) is 2. The molecule has 0 atom stereocenters. The van der Waals surface area contributed by atoms with Crippen molar-refractivity contribution in [2.24, 2.45) is 4.99 Å². The molecule has 142 valence electrons. The van der Waals surface area contributed by atoms with Crippen LogP contribution in [0.25, 0.3) is 0 Å². The number of benzene rings is 2. The van der Waals surface area contributed by atoms with E-state index in [1.165, 1.54) is 0 Å². The molecule has 0 spiro atoms. The van der Waals surface area contributed by atoms with Crippen LogP contribution in [0.2, 0.25) is 5.02 Å². The maximum atomic E-state index is 12.7. The van der Waals surface area contributed by atoms with E-state index in [-0.39, 0.29) is 5.91 Å². The number of pyridine rings is 1. The Balaban J connectivity index is 1.85. The first-order chi connectivity index (χ1) is 13.5. The number of hydrogen-bond acceptors (Lipinski definition) is 3. The molecule has 3 rings (SSSR count). The van der Waals surface area contributed by atoms with Crippen molar-refractivity contribution in [2.75, 3.05) is 5.32 Å². The lowest BCUT2D eigenvalue weighted by Gasteiger charge is -2.14. The lowest BCUT2D eigenvalue weighted by molar-refractivity contribution is 0.0977. The largest absolute Gasteiger partial charge is 0.326 e. The summed E-state index contributed by atoms with van der Waals surface area (Å²) in [7, 11) is 0. The first-order valence-corrected chi connectivity index (χ1v) is 9.25. The Kier molecular flexibility index (Phi) is 6.40. The summed E-state index contributed by atoms with van der Waals surface area (Å²) < 4.78 is 0. The zero-order valence-electron chi connectivity index (χ0n) is 15.7. The number of amides is 1. The van der Waals surface area contributed by atoms with E-state index in [9.17, 15) is 4.79 Å². The van der Waals surface area contributed by atoms with Crippen LogP contribution in [0.15, 0.2) is 71.9 Å². The number of carbonyl (C=O) groups is 1. The Morgan fingerprint density at radius 2 is 1.89 bits per heavy atom. The van der Waals surface area contributed by atoms with E-state index in [0.29, 0.717) is 23.1 Å². The Hall–Kier alpha value is -3.18. The van der Waals surface area contributed by atoms with Crippen LogP contribution in [-0.4, -0.2) is 16.9 Å². The number of halogens is 1. The van der Waals surface area contributed by atoms with E-state index in [1.54, 1.807) is 12.3 Å². The minimum atomic E-state index is -0.240. The van der Waals surface area contributed by atoms with Crippen molar-refractivity contribution in [2.45, 2.75) is 20.4 Å². The number of aromatic nitrogens is 1. The van der Waals surface area contributed by atoms with Gasteiger partial charge in [0.05, 0.1) is 12.2 Å². The minimum Gasteiger partial charge on any atom is -0.326 e. The number of guanidine groups is 1. The molecule has 0 unspecified atom stereocenters. The fourth-order valence-corrected chi connectivity index (χ4v) is 2.77. The molecule has 2 aromatic carbocycles. The second kappa shape index (κ2) is 9.15. The molecule has 0 aliphatic heterocycles. The van der Waals surface area contributed by atoms with Gasteiger partial charge >= 0.3 is 0 Å². The monoisotopic (exact) mass is 392 g/mol. The smallest absolute Gasteiger partial charge is 0.257 e. The molecule has 0 aliphatic rings. The van der Waals surface area contributed by atoms with Gasteiger partial charge in [0, 0.05) is 22.5 Å². The number of nitrogens with one attached hydrogen (secondary N) is 2.